The maximum atomic E-state index is 13.0. The van der Waals surface area contributed by atoms with Crippen LogP contribution in [0.25, 0.3) is 10.9 Å². The highest BCUT2D eigenvalue weighted by molar-refractivity contribution is 5.94. The van der Waals surface area contributed by atoms with E-state index in [9.17, 15) is 14.0 Å². The molecule has 3 rings (SSSR count). The first-order chi connectivity index (χ1) is 11.6. The minimum atomic E-state index is -0.388. The summed E-state index contributed by atoms with van der Waals surface area (Å²) < 4.78 is 13.0. The molecule has 0 spiro atoms. The topological polar surface area (TPSA) is 53.2 Å². The molecule has 0 aliphatic rings. The van der Waals surface area contributed by atoms with Crippen LogP contribution in [0.4, 0.5) is 4.39 Å². The van der Waals surface area contributed by atoms with Gasteiger partial charge in [0.15, 0.2) is 0 Å². The number of aromatic amines is 1. The highest BCUT2D eigenvalue weighted by Gasteiger charge is 2.16. The first-order valence-corrected chi connectivity index (χ1v) is 7.74. The Morgan fingerprint density at radius 1 is 1.12 bits per heavy atom. The molecule has 4 nitrogen and oxygen atoms in total. The number of fused-ring (bicyclic) bond motifs is 1. The van der Waals surface area contributed by atoms with Crippen LogP contribution in [0.5, 0.6) is 0 Å². The fourth-order valence-electron chi connectivity index (χ4n) is 2.62. The van der Waals surface area contributed by atoms with Gasteiger partial charge in [0, 0.05) is 23.2 Å². The zero-order valence-corrected chi connectivity index (χ0v) is 13.3. The van der Waals surface area contributed by atoms with E-state index in [0.717, 1.165) is 10.9 Å². The summed E-state index contributed by atoms with van der Waals surface area (Å²) in [7, 11) is 0. The summed E-state index contributed by atoms with van der Waals surface area (Å²) in [6.45, 7) is 2.49. The van der Waals surface area contributed by atoms with Crippen molar-refractivity contribution >= 4 is 16.8 Å². The van der Waals surface area contributed by atoms with Gasteiger partial charge in [-0.1, -0.05) is 18.2 Å². The van der Waals surface area contributed by atoms with Crippen LogP contribution in [-0.4, -0.2) is 22.3 Å². The Hall–Kier alpha value is -2.95. The predicted molar refractivity (Wildman–Crippen MR) is 91.4 cm³/mol. The second-order valence-electron chi connectivity index (χ2n) is 5.54. The van der Waals surface area contributed by atoms with E-state index in [-0.39, 0.29) is 23.8 Å². The molecular weight excluding hydrogens is 307 g/mol. The standard InChI is InChI=1S/C19H17FN2O2/c1-2-22(19(24)13-7-9-16(20)10-8-13)12-15-11-14-5-3-4-6-17(14)21-18(15)23/h3-11H,2,12H2,1H3,(H,21,23). The fraction of sp³-hybridized carbons (Fsp3) is 0.158. The Kier molecular flexibility index (Phi) is 4.42. The van der Waals surface area contributed by atoms with Crippen molar-refractivity contribution in [2.24, 2.45) is 0 Å². The van der Waals surface area contributed by atoms with Gasteiger partial charge in [0.1, 0.15) is 5.82 Å². The summed E-state index contributed by atoms with van der Waals surface area (Å²) in [5.41, 5.74) is 1.47. The number of aromatic nitrogens is 1. The monoisotopic (exact) mass is 324 g/mol. The third-order valence-electron chi connectivity index (χ3n) is 3.95. The molecule has 0 fully saturated rings. The molecule has 1 amide bonds. The van der Waals surface area contributed by atoms with Gasteiger partial charge in [-0.3, -0.25) is 9.59 Å². The molecule has 0 radical (unpaired) electrons. The van der Waals surface area contributed by atoms with Crippen LogP contribution in [-0.2, 0) is 6.54 Å². The fourth-order valence-corrected chi connectivity index (χ4v) is 2.62. The highest BCUT2D eigenvalue weighted by atomic mass is 19.1. The molecule has 0 bridgehead atoms. The Labute approximate surface area is 138 Å². The average molecular weight is 324 g/mol. The lowest BCUT2D eigenvalue weighted by atomic mass is 10.1. The Bertz CT molecular complexity index is 932. The second-order valence-corrected chi connectivity index (χ2v) is 5.54. The highest BCUT2D eigenvalue weighted by Crippen LogP contribution is 2.13. The molecule has 1 aromatic heterocycles. The van der Waals surface area contributed by atoms with E-state index in [1.165, 1.54) is 24.3 Å². The zero-order chi connectivity index (χ0) is 17.1. The van der Waals surface area contributed by atoms with Crippen LogP contribution in [0.2, 0.25) is 0 Å². The predicted octanol–water partition coefficient (Wildman–Crippen LogP) is 3.33. The molecule has 0 saturated carbocycles. The van der Waals surface area contributed by atoms with Gasteiger partial charge < -0.3 is 9.88 Å². The minimum Gasteiger partial charge on any atom is -0.334 e. The number of amides is 1. The number of hydrogen-bond donors (Lipinski definition) is 1. The van der Waals surface area contributed by atoms with E-state index in [2.05, 4.69) is 4.98 Å². The van der Waals surface area contributed by atoms with Gasteiger partial charge in [-0.05, 0) is 48.7 Å². The lowest BCUT2D eigenvalue weighted by Crippen LogP contribution is -2.32. The molecule has 1 heterocycles. The van der Waals surface area contributed by atoms with Crippen molar-refractivity contribution in [2.45, 2.75) is 13.5 Å². The number of nitrogens with zero attached hydrogens (tertiary/aromatic N) is 1. The van der Waals surface area contributed by atoms with Crippen LogP contribution >= 0.6 is 0 Å². The summed E-state index contributed by atoms with van der Waals surface area (Å²) in [5.74, 6) is -0.620. The van der Waals surface area contributed by atoms with Crippen molar-refractivity contribution in [3.8, 4) is 0 Å². The Morgan fingerprint density at radius 2 is 1.83 bits per heavy atom. The van der Waals surface area contributed by atoms with Crippen LogP contribution in [0.1, 0.15) is 22.8 Å². The Balaban J connectivity index is 1.90. The molecule has 0 saturated heterocycles. The third kappa shape index (κ3) is 3.20. The first-order valence-electron chi connectivity index (χ1n) is 7.74. The molecule has 0 atom stereocenters. The van der Waals surface area contributed by atoms with Crippen LogP contribution in [0.15, 0.2) is 59.4 Å². The van der Waals surface area contributed by atoms with Gasteiger partial charge in [-0.15, -0.1) is 0 Å². The first kappa shape index (κ1) is 15.9. The van der Waals surface area contributed by atoms with E-state index in [4.69, 9.17) is 0 Å². The summed E-state index contributed by atoms with van der Waals surface area (Å²) >= 11 is 0. The lowest BCUT2D eigenvalue weighted by molar-refractivity contribution is 0.0752. The van der Waals surface area contributed by atoms with E-state index in [0.29, 0.717) is 17.7 Å². The number of nitrogens with one attached hydrogen (secondary N) is 1. The van der Waals surface area contributed by atoms with Crippen molar-refractivity contribution in [3.05, 3.63) is 81.9 Å². The lowest BCUT2D eigenvalue weighted by Gasteiger charge is -2.21. The van der Waals surface area contributed by atoms with Crippen molar-refractivity contribution in [3.63, 3.8) is 0 Å². The van der Waals surface area contributed by atoms with Crippen molar-refractivity contribution in [1.82, 2.24) is 9.88 Å². The maximum Gasteiger partial charge on any atom is 0.254 e. The number of carbonyl (C=O) groups excluding carboxylic acids is 1. The normalized spacial score (nSPS) is 10.8. The molecule has 3 aromatic rings. The molecule has 5 heteroatoms. The van der Waals surface area contributed by atoms with Gasteiger partial charge in [0.2, 0.25) is 0 Å². The third-order valence-corrected chi connectivity index (χ3v) is 3.95. The molecule has 122 valence electrons. The van der Waals surface area contributed by atoms with Crippen LogP contribution in [0, 0.1) is 5.82 Å². The van der Waals surface area contributed by atoms with Crippen molar-refractivity contribution < 1.29 is 9.18 Å². The van der Waals surface area contributed by atoms with Gasteiger partial charge in [-0.2, -0.15) is 0 Å². The van der Waals surface area contributed by atoms with E-state index in [1.54, 1.807) is 11.0 Å². The number of rotatable bonds is 4. The number of benzene rings is 2. The van der Waals surface area contributed by atoms with Gasteiger partial charge in [0.05, 0.1) is 6.54 Å². The number of pyridine rings is 1. The molecule has 2 aromatic carbocycles. The zero-order valence-electron chi connectivity index (χ0n) is 13.3. The number of halogens is 1. The molecule has 24 heavy (non-hydrogen) atoms. The Morgan fingerprint density at radius 3 is 2.54 bits per heavy atom. The smallest absolute Gasteiger partial charge is 0.254 e. The number of carbonyl (C=O) groups is 1. The molecule has 0 unspecified atom stereocenters. The maximum absolute atomic E-state index is 13.0. The van der Waals surface area contributed by atoms with Crippen LogP contribution < -0.4 is 5.56 Å². The molecule has 0 aliphatic carbocycles. The molecule has 0 aliphatic heterocycles. The van der Waals surface area contributed by atoms with E-state index >= 15 is 0 Å². The SMILES string of the molecule is CCN(Cc1cc2ccccc2[nH]c1=O)C(=O)c1ccc(F)cc1. The van der Waals surface area contributed by atoms with Gasteiger partial charge in [0.25, 0.3) is 11.5 Å². The van der Waals surface area contributed by atoms with Crippen molar-refractivity contribution in [2.75, 3.05) is 6.54 Å². The minimum absolute atomic E-state index is 0.201. The number of para-hydroxylation sites is 1. The number of H-pyrrole nitrogens is 1. The van der Waals surface area contributed by atoms with Crippen molar-refractivity contribution in [1.29, 1.82) is 0 Å². The van der Waals surface area contributed by atoms with E-state index < -0.39 is 0 Å². The quantitative estimate of drug-likeness (QED) is 0.800. The van der Waals surface area contributed by atoms with Gasteiger partial charge in [-0.25, -0.2) is 4.39 Å². The summed E-state index contributed by atoms with van der Waals surface area (Å²) in [6.07, 6.45) is 0. The molecule has 1 N–H and O–H groups in total. The largest absolute Gasteiger partial charge is 0.334 e. The molecular formula is C19H17FN2O2. The van der Waals surface area contributed by atoms with Crippen LogP contribution in [0.3, 0.4) is 0 Å². The average Bonchev–Trinajstić information content (AvgIpc) is 2.60. The summed E-state index contributed by atoms with van der Waals surface area (Å²) in [4.78, 5) is 29.2. The second kappa shape index (κ2) is 6.66. The number of hydrogen-bond acceptors (Lipinski definition) is 2. The summed E-state index contributed by atoms with van der Waals surface area (Å²) in [5, 5.41) is 0.914. The van der Waals surface area contributed by atoms with E-state index in [1.807, 2.05) is 31.2 Å². The van der Waals surface area contributed by atoms with Gasteiger partial charge >= 0.3 is 0 Å². The summed E-state index contributed by atoms with van der Waals surface area (Å²) in [6, 6.07) is 14.7.